The van der Waals surface area contributed by atoms with Gasteiger partial charge in [0.15, 0.2) is 5.78 Å². The van der Waals surface area contributed by atoms with E-state index in [0.29, 0.717) is 5.57 Å². The lowest BCUT2D eigenvalue weighted by molar-refractivity contribution is -0.155. The van der Waals surface area contributed by atoms with Crippen LogP contribution in [0, 0.1) is 0 Å². The maximum Gasteiger partial charge on any atom is 0.306 e. The van der Waals surface area contributed by atoms with Crippen molar-refractivity contribution in [3.63, 3.8) is 0 Å². The molecule has 0 rings (SSSR count). The lowest BCUT2D eigenvalue weighted by atomic mass is 10.1. The molecule has 0 fully saturated rings. The second kappa shape index (κ2) is 7.53. The molecule has 0 spiro atoms. The van der Waals surface area contributed by atoms with E-state index >= 15 is 0 Å². The monoisotopic (exact) mass is 252 g/mol. The number of aliphatic imine (C=N–C) groups is 2. The zero-order valence-corrected chi connectivity index (χ0v) is 11.4. The highest BCUT2D eigenvalue weighted by molar-refractivity contribution is 6.13. The number of allylic oxidation sites excluding steroid dienone is 1. The molecule has 0 aromatic carbocycles. The van der Waals surface area contributed by atoms with Crippen LogP contribution in [-0.2, 0) is 14.3 Å². The molecule has 0 heterocycles. The van der Waals surface area contributed by atoms with Gasteiger partial charge in [0.1, 0.15) is 5.60 Å². The molecule has 0 aromatic rings. The summed E-state index contributed by atoms with van der Waals surface area (Å²) in [4.78, 5) is 30.4. The van der Waals surface area contributed by atoms with Gasteiger partial charge in [0, 0.05) is 25.9 Å². The predicted molar refractivity (Wildman–Crippen MR) is 72.1 cm³/mol. The summed E-state index contributed by atoms with van der Waals surface area (Å²) < 4.78 is 5.11. The number of esters is 1. The van der Waals surface area contributed by atoms with E-state index in [-0.39, 0.29) is 18.6 Å². The summed E-state index contributed by atoms with van der Waals surface area (Å²) in [6.07, 6.45) is 2.83. The molecule has 0 aliphatic heterocycles. The largest absolute Gasteiger partial charge is 0.460 e. The van der Waals surface area contributed by atoms with Crippen molar-refractivity contribution in [2.45, 2.75) is 39.2 Å². The van der Waals surface area contributed by atoms with Gasteiger partial charge in [-0.05, 0) is 27.5 Å². The molecule has 0 N–H and O–H groups in total. The minimum Gasteiger partial charge on any atom is -0.460 e. The molecule has 0 unspecified atom stereocenters. The fourth-order valence-electron chi connectivity index (χ4n) is 1.17. The number of Topliss-reactive ketones (excluding diaryl/α,β-unsaturated/α-hetero) is 1. The Kier molecular flexibility index (Phi) is 6.78. The van der Waals surface area contributed by atoms with Crippen LogP contribution < -0.4 is 0 Å². The summed E-state index contributed by atoms with van der Waals surface area (Å²) in [5.41, 5.74) is -0.206. The van der Waals surface area contributed by atoms with Gasteiger partial charge in [0.05, 0.1) is 12.0 Å². The Bertz CT molecular complexity index is 376. The van der Waals surface area contributed by atoms with Crippen LogP contribution in [0.15, 0.2) is 21.8 Å². The molecule has 5 heteroatoms. The van der Waals surface area contributed by atoms with Crippen LogP contribution in [-0.4, -0.2) is 37.3 Å². The van der Waals surface area contributed by atoms with Gasteiger partial charge in [-0.1, -0.05) is 0 Å². The number of ketones is 1. The van der Waals surface area contributed by atoms with Crippen molar-refractivity contribution < 1.29 is 14.3 Å². The van der Waals surface area contributed by atoms with Gasteiger partial charge in [0.2, 0.25) is 0 Å². The molecule has 0 bridgehead atoms. The first-order chi connectivity index (χ1) is 8.30. The predicted octanol–water partition coefficient (Wildman–Crippen LogP) is 1.96. The van der Waals surface area contributed by atoms with Crippen LogP contribution in [0.4, 0.5) is 0 Å². The highest BCUT2D eigenvalue weighted by Crippen LogP contribution is 2.10. The zero-order chi connectivity index (χ0) is 14.2. The number of carbonyl (C=O) groups is 2. The number of ether oxygens (including phenoxy) is 1. The Morgan fingerprint density at radius 2 is 1.89 bits per heavy atom. The number of hydrogen-bond donors (Lipinski definition) is 0. The first kappa shape index (κ1) is 16.2. The maximum atomic E-state index is 11.7. The molecule has 100 valence electrons. The third-order valence-electron chi connectivity index (χ3n) is 1.80. The standard InChI is InChI=1S/C13H20N2O3/c1-13(2,3)18-12(17)7-6-11(16)10(8-14-4)9-15-5/h8-9H,4,6-7H2,1-3,5H3/b10-8+,15-9?. The molecule has 0 saturated heterocycles. The third kappa shape index (κ3) is 7.49. The Hall–Kier alpha value is -1.78. The SMILES string of the molecule is C=N/C=C(\C=NC)C(=O)CCC(=O)OC(C)(C)C. The smallest absolute Gasteiger partial charge is 0.306 e. The first-order valence-electron chi connectivity index (χ1n) is 5.63. The fourth-order valence-corrected chi connectivity index (χ4v) is 1.17. The van der Waals surface area contributed by atoms with Crippen LogP contribution in [0.25, 0.3) is 0 Å². The number of nitrogens with zero attached hydrogens (tertiary/aromatic N) is 2. The summed E-state index contributed by atoms with van der Waals surface area (Å²) in [7, 11) is 1.55. The van der Waals surface area contributed by atoms with Crippen LogP contribution in [0.3, 0.4) is 0 Å². The molecule has 0 saturated carbocycles. The Morgan fingerprint density at radius 3 is 2.33 bits per heavy atom. The fraction of sp³-hybridized carbons (Fsp3) is 0.538. The molecule has 0 aliphatic rings. The van der Waals surface area contributed by atoms with Crippen molar-refractivity contribution in [2.75, 3.05) is 7.05 Å². The average Bonchev–Trinajstić information content (AvgIpc) is 2.23. The lowest BCUT2D eigenvalue weighted by Gasteiger charge is -2.19. The molecular weight excluding hydrogens is 232 g/mol. The van der Waals surface area contributed by atoms with Crippen LogP contribution in [0.2, 0.25) is 0 Å². The third-order valence-corrected chi connectivity index (χ3v) is 1.80. The summed E-state index contributed by atoms with van der Waals surface area (Å²) >= 11 is 0. The summed E-state index contributed by atoms with van der Waals surface area (Å²) in [5.74, 6) is -0.603. The Morgan fingerprint density at radius 1 is 1.28 bits per heavy atom. The van der Waals surface area contributed by atoms with Crippen molar-refractivity contribution in [1.82, 2.24) is 0 Å². The second-order valence-electron chi connectivity index (χ2n) is 4.66. The quantitative estimate of drug-likeness (QED) is 0.412. The number of carbonyl (C=O) groups excluding carboxylic acids is 2. The molecule has 18 heavy (non-hydrogen) atoms. The average molecular weight is 252 g/mol. The van der Waals surface area contributed by atoms with Gasteiger partial charge in [-0.25, -0.2) is 0 Å². The Labute approximate surface area is 108 Å². The van der Waals surface area contributed by atoms with Gasteiger partial charge >= 0.3 is 5.97 Å². The Balaban J connectivity index is 4.37. The minimum atomic E-state index is -0.535. The molecule has 0 aromatic heterocycles. The highest BCUT2D eigenvalue weighted by atomic mass is 16.6. The molecular formula is C13H20N2O3. The number of hydrogen-bond acceptors (Lipinski definition) is 5. The van der Waals surface area contributed by atoms with Crippen LogP contribution in [0.5, 0.6) is 0 Å². The van der Waals surface area contributed by atoms with Crippen molar-refractivity contribution in [1.29, 1.82) is 0 Å². The van der Waals surface area contributed by atoms with Gasteiger partial charge in [-0.3, -0.25) is 19.6 Å². The van der Waals surface area contributed by atoms with Gasteiger partial charge in [-0.2, -0.15) is 0 Å². The van der Waals surface area contributed by atoms with Crippen LogP contribution in [0.1, 0.15) is 33.6 Å². The highest BCUT2D eigenvalue weighted by Gasteiger charge is 2.17. The molecule has 0 radical (unpaired) electrons. The van der Waals surface area contributed by atoms with E-state index in [1.54, 1.807) is 27.8 Å². The second-order valence-corrected chi connectivity index (χ2v) is 4.66. The maximum absolute atomic E-state index is 11.7. The van der Waals surface area contributed by atoms with E-state index in [0.717, 1.165) is 0 Å². The summed E-state index contributed by atoms with van der Waals surface area (Å²) in [6.45, 7) is 8.62. The van der Waals surface area contributed by atoms with Crippen LogP contribution >= 0.6 is 0 Å². The van der Waals surface area contributed by atoms with E-state index in [1.165, 1.54) is 12.4 Å². The van der Waals surface area contributed by atoms with Gasteiger partial charge < -0.3 is 4.74 Å². The van der Waals surface area contributed by atoms with Crippen molar-refractivity contribution >= 4 is 24.7 Å². The van der Waals surface area contributed by atoms with E-state index in [1.807, 2.05) is 0 Å². The van der Waals surface area contributed by atoms with E-state index in [9.17, 15) is 9.59 Å². The first-order valence-corrected chi connectivity index (χ1v) is 5.63. The van der Waals surface area contributed by atoms with Gasteiger partial charge in [-0.15, -0.1) is 0 Å². The lowest BCUT2D eigenvalue weighted by Crippen LogP contribution is -2.24. The molecule has 0 aliphatic carbocycles. The van der Waals surface area contributed by atoms with Crippen molar-refractivity contribution in [3.05, 3.63) is 11.8 Å². The molecule has 5 nitrogen and oxygen atoms in total. The topological polar surface area (TPSA) is 68.1 Å². The van der Waals surface area contributed by atoms with E-state index in [4.69, 9.17) is 4.74 Å². The zero-order valence-electron chi connectivity index (χ0n) is 11.4. The van der Waals surface area contributed by atoms with Crippen molar-refractivity contribution in [2.24, 2.45) is 9.98 Å². The van der Waals surface area contributed by atoms with E-state index < -0.39 is 11.6 Å². The minimum absolute atomic E-state index is 0.0438. The summed E-state index contributed by atoms with van der Waals surface area (Å²) in [5, 5.41) is 0. The van der Waals surface area contributed by atoms with E-state index in [2.05, 4.69) is 16.7 Å². The summed E-state index contributed by atoms with van der Waals surface area (Å²) in [6, 6.07) is 0. The number of rotatable bonds is 6. The molecule has 0 atom stereocenters. The molecule has 0 amide bonds. The van der Waals surface area contributed by atoms with Gasteiger partial charge in [0.25, 0.3) is 0 Å². The van der Waals surface area contributed by atoms with Crippen molar-refractivity contribution in [3.8, 4) is 0 Å². The normalized spacial score (nSPS) is 12.6.